The zero-order valence-corrected chi connectivity index (χ0v) is 11.8. The van der Waals surface area contributed by atoms with Crippen molar-refractivity contribution in [3.63, 3.8) is 0 Å². The minimum atomic E-state index is -0.654. The summed E-state index contributed by atoms with van der Waals surface area (Å²) in [6.07, 6.45) is 1.92. The van der Waals surface area contributed by atoms with Crippen LogP contribution in [0.5, 0.6) is 0 Å². The molecule has 20 heavy (non-hydrogen) atoms. The van der Waals surface area contributed by atoms with E-state index in [1.54, 1.807) is 12.1 Å². The molecule has 1 saturated heterocycles. The number of carbonyl (C=O) groups is 2. The highest BCUT2D eigenvalue weighted by Crippen LogP contribution is 2.15. The maximum absolute atomic E-state index is 11.8. The third-order valence-corrected chi connectivity index (χ3v) is 3.40. The number of anilines is 1. The standard InChI is InChI=1S/C15H20N2O3/c1-10-5-7-12(8-6-10)17-15(19)14(18)16-11(2)13-4-3-9-20-13/h5-8,11,13H,3-4,9H2,1-2H3,(H,16,18)(H,17,19). The summed E-state index contributed by atoms with van der Waals surface area (Å²) in [4.78, 5) is 23.6. The predicted molar refractivity (Wildman–Crippen MR) is 76.4 cm³/mol. The van der Waals surface area contributed by atoms with Gasteiger partial charge in [0, 0.05) is 12.3 Å². The molecule has 2 atom stereocenters. The largest absolute Gasteiger partial charge is 0.376 e. The molecule has 0 saturated carbocycles. The molecule has 5 heteroatoms. The molecule has 0 aliphatic carbocycles. The van der Waals surface area contributed by atoms with Crippen molar-refractivity contribution in [1.29, 1.82) is 0 Å². The Morgan fingerprint density at radius 2 is 1.95 bits per heavy atom. The maximum Gasteiger partial charge on any atom is 0.313 e. The molecule has 2 N–H and O–H groups in total. The summed E-state index contributed by atoms with van der Waals surface area (Å²) in [6.45, 7) is 4.54. The highest BCUT2D eigenvalue weighted by atomic mass is 16.5. The first-order chi connectivity index (χ1) is 9.56. The number of hydrogen-bond acceptors (Lipinski definition) is 3. The first-order valence-electron chi connectivity index (χ1n) is 6.86. The molecule has 1 aromatic rings. The number of hydrogen-bond donors (Lipinski definition) is 2. The highest BCUT2D eigenvalue weighted by molar-refractivity contribution is 6.39. The van der Waals surface area contributed by atoms with Crippen molar-refractivity contribution in [3.05, 3.63) is 29.8 Å². The van der Waals surface area contributed by atoms with E-state index in [0.29, 0.717) is 5.69 Å². The van der Waals surface area contributed by atoms with E-state index in [-0.39, 0.29) is 12.1 Å². The summed E-state index contributed by atoms with van der Waals surface area (Å²) in [7, 11) is 0. The minimum absolute atomic E-state index is 0.00567. The summed E-state index contributed by atoms with van der Waals surface area (Å²) >= 11 is 0. The fourth-order valence-corrected chi connectivity index (χ4v) is 2.19. The number of rotatable bonds is 3. The summed E-state index contributed by atoms with van der Waals surface area (Å²) in [5.41, 5.74) is 1.71. The van der Waals surface area contributed by atoms with Gasteiger partial charge in [-0.1, -0.05) is 17.7 Å². The Bertz CT molecular complexity index is 478. The predicted octanol–water partition coefficient (Wildman–Crippen LogP) is 1.62. The van der Waals surface area contributed by atoms with Gasteiger partial charge in [0.2, 0.25) is 0 Å². The van der Waals surface area contributed by atoms with E-state index in [0.717, 1.165) is 25.0 Å². The van der Waals surface area contributed by atoms with Crippen LogP contribution in [0.3, 0.4) is 0 Å². The maximum atomic E-state index is 11.8. The summed E-state index contributed by atoms with van der Waals surface area (Å²) < 4.78 is 5.48. The second-order valence-electron chi connectivity index (χ2n) is 5.13. The van der Waals surface area contributed by atoms with Crippen molar-refractivity contribution in [2.45, 2.75) is 38.8 Å². The Hall–Kier alpha value is -1.88. The van der Waals surface area contributed by atoms with Crippen LogP contribution < -0.4 is 10.6 Å². The lowest BCUT2D eigenvalue weighted by Gasteiger charge is -2.19. The molecule has 2 amide bonds. The molecule has 0 radical (unpaired) electrons. The molecular weight excluding hydrogens is 256 g/mol. The number of nitrogens with one attached hydrogen (secondary N) is 2. The normalized spacial score (nSPS) is 19.4. The molecule has 1 heterocycles. The minimum Gasteiger partial charge on any atom is -0.376 e. The molecule has 1 fully saturated rings. The number of benzene rings is 1. The van der Waals surface area contributed by atoms with Crippen molar-refractivity contribution < 1.29 is 14.3 Å². The van der Waals surface area contributed by atoms with Crippen LogP contribution in [0.2, 0.25) is 0 Å². The van der Waals surface area contributed by atoms with Crippen LogP contribution in [0.25, 0.3) is 0 Å². The number of carbonyl (C=O) groups excluding carboxylic acids is 2. The van der Waals surface area contributed by atoms with Crippen LogP contribution in [-0.4, -0.2) is 30.6 Å². The van der Waals surface area contributed by atoms with E-state index in [1.807, 2.05) is 26.0 Å². The van der Waals surface area contributed by atoms with Crippen LogP contribution in [0.15, 0.2) is 24.3 Å². The summed E-state index contributed by atoms with van der Waals surface area (Å²) in [6, 6.07) is 7.13. The van der Waals surface area contributed by atoms with Crippen LogP contribution in [0.4, 0.5) is 5.69 Å². The van der Waals surface area contributed by atoms with E-state index >= 15 is 0 Å². The van der Waals surface area contributed by atoms with E-state index in [1.165, 1.54) is 0 Å². The van der Waals surface area contributed by atoms with Gasteiger partial charge in [-0.05, 0) is 38.8 Å². The van der Waals surface area contributed by atoms with Gasteiger partial charge in [-0.2, -0.15) is 0 Å². The lowest BCUT2D eigenvalue weighted by molar-refractivity contribution is -0.137. The Morgan fingerprint density at radius 1 is 1.25 bits per heavy atom. The van der Waals surface area contributed by atoms with Crippen LogP contribution in [0.1, 0.15) is 25.3 Å². The molecule has 2 unspecified atom stereocenters. The summed E-state index contributed by atoms with van der Waals surface area (Å²) in [5.74, 6) is -1.28. The van der Waals surface area contributed by atoms with Gasteiger partial charge < -0.3 is 15.4 Å². The number of ether oxygens (including phenoxy) is 1. The zero-order valence-electron chi connectivity index (χ0n) is 11.8. The van der Waals surface area contributed by atoms with Gasteiger partial charge >= 0.3 is 11.8 Å². The zero-order chi connectivity index (χ0) is 14.5. The van der Waals surface area contributed by atoms with Crippen molar-refractivity contribution in [2.75, 3.05) is 11.9 Å². The molecule has 1 aliphatic heterocycles. The number of amides is 2. The van der Waals surface area contributed by atoms with E-state index in [4.69, 9.17) is 4.74 Å². The Kier molecular flexibility index (Phi) is 4.74. The molecular formula is C15H20N2O3. The quantitative estimate of drug-likeness (QED) is 0.824. The molecule has 5 nitrogen and oxygen atoms in total. The second-order valence-corrected chi connectivity index (χ2v) is 5.13. The van der Waals surface area contributed by atoms with Crippen LogP contribution in [0, 0.1) is 6.92 Å². The summed E-state index contributed by atoms with van der Waals surface area (Å²) in [5, 5.41) is 5.25. The molecule has 0 bridgehead atoms. The average Bonchev–Trinajstić information content (AvgIpc) is 2.95. The Labute approximate surface area is 118 Å². The third kappa shape index (κ3) is 3.81. The van der Waals surface area contributed by atoms with Gasteiger partial charge in [0.1, 0.15) is 0 Å². The van der Waals surface area contributed by atoms with Crippen molar-refractivity contribution in [2.24, 2.45) is 0 Å². The molecule has 108 valence electrons. The fourth-order valence-electron chi connectivity index (χ4n) is 2.19. The van der Waals surface area contributed by atoms with Gasteiger partial charge in [0.25, 0.3) is 0 Å². The fraction of sp³-hybridized carbons (Fsp3) is 0.467. The van der Waals surface area contributed by atoms with E-state index in [2.05, 4.69) is 10.6 Å². The Morgan fingerprint density at radius 3 is 2.55 bits per heavy atom. The van der Waals surface area contributed by atoms with Gasteiger partial charge in [-0.25, -0.2) is 0 Å². The van der Waals surface area contributed by atoms with Crippen molar-refractivity contribution in [1.82, 2.24) is 5.32 Å². The Balaban J connectivity index is 1.85. The molecule has 1 aliphatic rings. The topological polar surface area (TPSA) is 67.4 Å². The van der Waals surface area contributed by atoms with Gasteiger partial charge in [0.05, 0.1) is 12.1 Å². The van der Waals surface area contributed by atoms with E-state index < -0.39 is 11.8 Å². The van der Waals surface area contributed by atoms with Crippen LogP contribution >= 0.6 is 0 Å². The second kappa shape index (κ2) is 6.52. The average molecular weight is 276 g/mol. The molecule has 2 rings (SSSR count). The highest BCUT2D eigenvalue weighted by Gasteiger charge is 2.25. The van der Waals surface area contributed by atoms with E-state index in [9.17, 15) is 9.59 Å². The molecule has 1 aromatic carbocycles. The van der Waals surface area contributed by atoms with Crippen molar-refractivity contribution in [3.8, 4) is 0 Å². The third-order valence-electron chi connectivity index (χ3n) is 3.40. The number of aryl methyl sites for hydroxylation is 1. The first kappa shape index (κ1) is 14.5. The molecule has 0 spiro atoms. The van der Waals surface area contributed by atoms with Gasteiger partial charge in [0.15, 0.2) is 0 Å². The lowest BCUT2D eigenvalue weighted by Crippen LogP contribution is -2.45. The lowest BCUT2D eigenvalue weighted by atomic mass is 10.1. The monoisotopic (exact) mass is 276 g/mol. The van der Waals surface area contributed by atoms with Crippen molar-refractivity contribution >= 4 is 17.5 Å². The first-order valence-corrected chi connectivity index (χ1v) is 6.86. The smallest absolute Gasteiger partial charge is 0.313 e. The van der Waals surface area contributed by atoms with Gasteiger partial charge in [-0.15, -0.1) is 0 Å². The molecule has 0 aromatic heterocycles. The van der Waals surface area contributed by atoms with Crippen LogP contribution in [-0.2, 0) is 14.3 Å². The van der Waals surface area contributed by atoms with Gasteiger partial charge in [-0.3, -0.25) is 9.59 Å². The SMILES string of the molecule is Cc1ccc(NC(=O)C(=O)NC(C)C2CCCO2)cc1.